The first-order valence-corrected chi connectivity index (χ1v) is 7.65. The first-order chi connectivity index (χ1) is 10.2. The number of benzene rings is 1. The van der Waals surface area contributed by atoms with Gasteiger partial charge in [-0.3, -0.25) is 9.59 Å². The lowest BCUT2D eigenvalue weighted by Crippen LogP contribution is -2.23. The summed E-state index contributed by atoms with van der Waals surface area (Å²) >= 11 is 1.34. The summed E-state index contributed by atoms with van der Waals surface area (Å²) < 4.78 is 0. The highest BCUT2D eigenvalue weighted by atomic mass is 32.2. The molecule has 2 fully saturated rings. The van der Waals surface area contributed by atoms with Crippen LogP contribution in [0.2, 0.25) is 0 Å². The molecule has 0 unspecified atom stereocenters. The summed E-state index contributed by atoms with van der Waals surface area (Å²) in [4.78, 5) is 24.4. The summed E-state index contributed by atoms with van der Waals surface area (Å²) in [6, 6.07) is 7.60. The second kappa shape index (κ2) is 6.09. The van der Waals surface area contributed by atoms with Crippen molar-refractivity contribution in [2.45, 2.75) is 12.8 Å². The van der Waals surface area contributed by atoms with E-state index in [2.05, 4.69) is 15.5 Å². The minimum atomic E-state index is -0.0476. The van der Waals surface area contributed by atoms with Crippen molar-refractivity contribution < 1.29 is 9.59 Å². The summed E-state index contributed by atoms with van der Waals surface area (Å²) in [7, 11) is 0. The van der Waals surface area contributed by atoms with Gasteiger partial charge in [-0.05, 0) is 24.1 Å². The van der Waals surface area contributed by atoms with Gasteiger partial charge >= 0.3 is 0 Å². The third-order valence-electron chi connectivity index (χ3n) is 3.22. The van der Waals surface area contributed by atoms with Crippen LogP contribution in [0, 0.1) is 0 Å². The topological polar surface area (TPSA) is 74.1 Å². The fourth-order valence-corrected chi connectivity index (χ4v) is 2.82. The summed E-state index contributed by atoms with van der Waals surface area (Å²) in [5, 5.41) is 11.0. The molecule has 21 heavy (non-hydrogen) atoms. The van der Waals surface area contributed by atoms with E-state index in [-0.39, 0.29) is 11.8 Å². The molecule has 0 atom stereocenters. The van der Waals surface area contributed by atoms with Crippen molar-refractivity contribution >= 4 is 40.6 Å². The molecule has 7 heteroatoms. The maximum absolute atomic E-state index is 11.7. The number of carbonyl (C=O) groups is 2. The van der Waals surface area contributed by atoms with E-state index < -0.39 is 0 Å². The van der Waals surface area contributed by atoms with Crippen molar-refractivity contribution in [3.8, 4) is 0 Å². The average Bonchev–Trinajstić information content (AvgIpc) is 3.09. The largest absolute Gasteiger partial charge is 0.312 e. The molecule has 0 aromatic heterocycles. The standard InChI is InChI=1S/C14H14N4O2S/c19-12-9-21-14(16-12)17-15-8-10-3-5-11(6-4-10)18-7-1-2-13(18)20/h3-6,8H,1-2,7,9H2,(H,16,17,19). The number of thioether (sulfide) groups is 1. The fraction of sp³-hybridized carbons (Fsp3) is 0.286. The molecule has 0 bridgehead atoms. The Hall–Kier alpha value is -2.15. The van der Waals surface area contributed by atoms with E-state index in [1.807, 2.05) is 24.3 Å². The predicted octanol–water partition coefficient (Wildman–Crippen LogP) is 1.37. The number of nitrogens with one attached hydrogen (secondary N) is 1. The Labute approximate surface area is 126 Å². The Balaban J connectivity index is 1.64. The van der Waals surface area contributed by atoms with E-state index in [1.54, 1.807) is 11.1 Å². The molecule has 1 aromatic carbocycles. The smallest absolute Gasteiger partial charge is 0.236 e. The molecule has 1 aromatic rings. The molecular weight excluding hydrogens is 288 g/mol. The Morgan fingerprint density at radius 1 is 1.24 bits per heavy atom. The molecule has 6 nitrogen and oxygen atoms in total. The van der Waals surface area contributed by atoms with Crippen LogP contribution >= 0.6 is 11.8 Å². The normalized spacial score (nSPS) is 20.8. The molecule has 2 aliphatic heterocycles. The molecule has 2 saturated heterocycles. The minimum absolute atomic E-state index is 0.0476. The van der Waals surface area contributed by atoms with Crippen LogP contribution in [0.15, 0.2) is 34.5 Å². The van der Waals surface area contributed by atoms with Crippen LogP contribution < -0.4 is 10.2 Å². The fourth-order valence-electron chi connectivity index (χ4n) is 2.19. The minimum Gasteiger partial charge on any atom is -0.312 e. The van der Waals surface area contributed by atoms with Crippen LogP contribution in [0.25, 0.3) is 0 Å². The maximum Gasteiger partial charge on any atom is 0.236 e. The second-order valence-corrected chi connectivity index (χ2v) is 5.69. The Morgan fingerprint density at radius 3 is 2.67 bits per heavy atom. The van der Waals surface area contributed by atoms with Crippen LogP contribution in [0.1, 0.15) is 18.4 Å². The molecule has 0 saturated carbocycles. The van der Waals surface area contributed by atoms with E-state index in [0.717, 1.165) is 24.2 Å². The number of anilines is 1. The number of hydrogen-bond acceptors (Lipinski definition) is 5. The van der Waals surface area contributed by atoms with Crippen molar-refractivity contribution in [2.24, 2.45) is 10.2 Å². The van der Waals surface area contributed by atoms with E-state index in [0.29, 0.717) is 17.3 Å². The monoisotopic (exact) mass is 302 g/mol. The number of amides is 2. The Kier molecular flexibility index (Phi) is 4.01. The van der Waals surface area contributed by atoms with Crippen LogP contribution in [-0.4, -0.2) is 35.5 Å². The summed E-state index contributed by atoms with van der Waals surface area (Å²) in [5.41, 5.74) is 1.81. The van der Waals surface area contributed by atoms with Crippen molar-refractivity contribution in [2.75, 3.05) is 17.2 Å². The van der Waals surface area contributed by atoms with Gasteiger partial charge in [-0.25, -0.2) is 0 Å². The van der Waals surface area contributed by atoms with Crippen LogP contribution in [0.5, 0.6) is 0 Å². The molecular formula is C14H14N4O2S. The van der Waals surface area contributed by atoms with Crippen molar-refractivity contribution in [1.82, 2.24) is 5.32 Å². The second-order valence-electron chi connectivity index (χ2n) is 4.73. The van der Waals surface area contributed by atoms with Gasteiger partial charge in [0.2, 0.25) is 11.8 Å². The quantitative estimate of drug-likeness (QED) is 0.677. The molecule has 2 heterocycles. The zero-order chi connectivity index (χ0) is 14.7. The molecule has 3 rings (SSSR count). The molecule has 0 aliphatic carbocycles. The third-order valence-corrected chi connectivity index (χ3v) is 4.08. The number of carbonyl (C=O) groups excluding carboxylic acids is 2. The van der Waals surface area contributed by atoms with Gasteiger partial charge in [0.1, 0.15) is 0 Å². The molecule has 2 amide bonds. The van der Waals surface area contributed by atoms with Gasteiger partial charge in [0, 0.05) is 18.7 Å². The Bertz CT molecular complexity index is 624. The van der Waals surface area contributed by atoms with E-state index >= 15 is 0 Å². The van der Waals surface area contributed by atoms with Gasteiger partial charge in [-0.15, -0.1) is 5.10 Å². The number of amidine groups is 1. The highest BCUT2D eigenvalue weighted by Gasteiger charge is 2.21. The van der Waals surface area contributed by atoms with Gasteiger partial charge in [-0.2, -0.15) is 5.10 Å². The third kappa shape index (κ3) is 3.30. The van der Waals surface area contributed by atoms with E-state index in [9.17, 15) is 9.59 Å². The van der Waals surface area contributed by atoms with Gasteiger partial charge in [0.05, 0.1) is 12.0 Å². The highest BCUT2D eigenvalue weighted by molar-refractivity contribution is 8.15. The number of nitrogens with zero attached hydrogens (tertiary/aromatic N) is 3. The summed E-state index contributed by atoms with van der Waals surface area (Å²) in [5.74, 6) is 0.526. The average molecular weight is 302 g/mol. The Morgan fingerprint density at radius 2 is 2.05 bits per heavy atom. The maximum atomic E-state index is 11.7. The molecule has 1 N–H and O–H groups in total. The lowest BCUT2D eigenvalue weighted by atomic mass is 10.2. The first kappa shape index (κ1) is 13.8. The lowest BCUT2D eigenvalue weighted by Gasteiger charge is -2.15. The highest BCUT2D eigenvalue weighted by Crippen LogP contribution is 2.21. The SMILES string of the molecule is O=C1CSC(=NN=Cc2ccc(N3CCCC3=O)cc2)N1. The lowest BCUT2D eigenvalue weighted by molar-refractivity contribution is -0.117. The van der Waals surface area contributed by atoms with Crippen molar-refractivity contribution in [1.29, 1.82) is 0 Å². The number of hydrogen-bond donors (Lipinski definition) is 1. The van der Waals surface area contributed by atoms with Crippen LogP contribution in [0.3, 0.4) is 0 Å². The molecule has 0 radical (unpaired) electrons. The molecule has 0 spiro atoms. The summed E-state index contributed by atoms with van der Waals surface area (Å²) in [6.45, 7) is 0.789. The van der Waals surface area contributed by atoms with E-state index in [4.69, 9.17) is 0 Å². The van der Waals surface area contributed by atoms with Crippen LogP contribution in [0.4, 0.5) is 5.69 Å². The first-order valence-electron chi connectivity index (χ1n) is 6.66. The van der Waals surface area contributed by atoms with Crippen LogP contribution in [-0.2, 0) is 9.59 Å². The molecule has 108 valence electrons. The van der Waals surface area contributed by atoms with Gasteiger partial charge < -0.3 is 10.2 Å². The van der Waals surface area contributed by atoms with Gasteiger partial charge in [-0.1, -0.05) is 23.9 Å². The van der Waals surface area contributed by atoms with Crippen molar-refractivity contribution in [3.05, 3.63) is 29.8 Å². The number of rotatable bonds is 3. The zero-order valence-corrected chi connectivity index (χ0v) is 12.1. The summed E-state index contributed by atoms with van der Waals surface area (Å²) in [6.07, 6.45) is 3.17. The van der Waals surface area contributed by atoms with Crippen molar-refractivity contribution in [3.63, 3.8) is 0 Å². The van der Waals surface area contributed by atoms with Gasteiger partial charge in [0.25, 0.3) is 0 Å². The van der Waals surface area contributed by atoms with E-state index in [1.165, 1.54) is 11.8 Å². The predicted molar refractivity (Wildman–Crippen MR) is 83.7 cm³/mol. The molecule has 2 aliphatic rings. The zero-order valence-electron chi connectivity index (χ0n) is 11.3. The van der Waals surface area contributed by atoms with Gasteiger partial charge in [0.15, 0.2) is 5.17 Å².